The predicted octanol–water partition coefficient (Wildman–Crippen LogP) is 13.7. The average molecular weight is 774 g/mol. The number of carbonyl (C=O) groups is 2. The Balaban J connectivity index is 3.51. The third kappa shape index (κ3) is 41.5. The first kappa shape index (κ1) is 53.1. The third-order valence-corrected chi connectivity index (χ3v) is 10.7. The number of amides is 1. The van der Waals surface area contributed by atoms with Gasteiger partial charge in [0.1, 0.15) is 0 Å². The molecule has 0 radical (unpaired) electrons. The topological polar surface area (TPSA) is 95.9 Å². The molecule has 0 aromatic heterocycles. The van der Waals surface area contributed by atoms with E-state index in [0.29, 0.717) is 25.9 Å². The van der Waals surface area contributed by atoms with Gasteiger partial charge >= 0.3 is 5.97 Å². The summed E-state index contributed by atoms with van der Waals surface area (Å²) in [5, 5.41) is 23.0. The maximum Gasteiger partial charge on any atom is 0.305 e. The Morgan fingerprint density at radius 1 is 0.509 bits per heavy atom. The number of hydrogen-bond acceptors (Lipinski definition) is 5. The second-order valence-corrected chi connectivity index (χ2v) is 16.1. The van der Waals surface area contributed by atoms with Crippen molar-refractivity contribution in [1.82, 2.24) is 5.32 Å². The van der Waals surface area contributed by atoms with Gasteiger partial charge in [-0.1, -0.05) is 179 Å². The van der Waals surface area contributed by atoms with E-state index in [1.54, 1.807) is 0 Å². The van der Waals surface area contributed by atoms with Gasteiger partial charge in [0.05, 0.1) is 25.4 Å². The molecular formula is C49H91NO5. The molecule has 6 heteroatoms. The van der Waals surface area contributed by atoms with Crippen LogP contribution in [0.15, 0.2) is 36.5 Å². The van der Waals surface area contributed by atoms with Crippen LogP contribution in [0.3, 0.4) is 0 Å². The van der Waals surface area contributed by atoms with Crippen LogP contribution >= 0.6 is 0 Å². The molecule has 0 spiro atoms. The first-order valence-electron chi connectivity index (χ1n) is 23.7. The van der Waals surface area contributed by atoms with E-state index >= 15 is 0 Å². The van der Waals surface area contributed by atoms with Crippen molar-refractivity contribution in [1.29, 1.82) is 0 Å². The summed E-state index contributed by atoms with van der Waals surface area (Å²) in [4.78, 5) is 24.4. The van der Waals surface area contributed by atoms with Crippen molar-refractivity contribution in [2.45, 2.75) is 251 Å². The first-order chi connectivity index (χ1) is 27.0. The number of carbonyl (C=O) groups excluding carboxylic acids is 2. The van der Waals surface area contributed by atoms with Crippen LogP contribution in [0.4, 0.5) is 0 Å². The second kappa shape index (κ2) is 44.8. The summed E-state index contributed by atoms with van der Waals surface area (Å²) in [6, 6.07) is -0.561. The monoisotopic (exact) mass is 774 g/mol. The van der Waals surface area contributed by atoms with E-state index in [0.717, 1.165) is 83.5 Å². The van der Waals surface area contributed by atoms with Crippen molar-refractivity contribution in [2.24, 2.45) is 0 Å². The van der Waals surface area contributed by atoms with Crippen molar-refractivity contribution >= 4 is 11.9 Å². The maximum atomic E-state index is 12.4. The summed E-state index contributed by atoms with van der Waals surface area (Å²) in [6.07, 6.45) is 52.5. The number of nitrogens with one attached hydrogen (secondary N) is 1. The summed E-state index contributed by atoms with van der Waals surface area (Å²) in [5.74, 6) is -0.0966. The maximum absolute atomic E-state index is 12.4. The van der Waals surface area contributed by atoms with Gasteiger partial charge in [-0.25, -0.2) is 0 Å². The van der Waals surface area contributed by atoms with Crippen LogP contribution in [-0.4, -0.2) is 47.4 Å². The number of aliphatic hydroxyl groups is 2. The molecule has 0 aliphatic carbocycles. The molecular weight excluding hydrogens is 683 g/mol. The molecule has 322 valence electrons. The van der Waals surface area contributed by atoms with Gasteiger partial charge in [0.25, 0.3) is 0 Å². The molecule has 0 fully saturated rings. The molecule has 0 aromatic rings. The lowest BCUT2D eigenvalue weighted by Gasteiger charge is -2.22. The highest BCUT2D eigenvalue weighted by Gasteiger charge is 2.20. The van der Waals surface area contributed by atoms with Gasteiger partial charge in [-0.05, 0) is 83.5 Å². The van der Waals surface area contributed by atoms with E-state index < -0.39 is 12.1 Å². The van der Waals surface area contributed by atoms with Gasteiger partial charge in [0.15, 0.2) is 0 Å². The van der Waals surface area contributed by atoms with E-state index in [4.69, 9.17) is 4.74 Å². The highest BCUT2D eigenvalue weighted by molar-refractivity contribution is 5.76. The second-order valence-electron chi connectivity index (χ2n) is 16.1. The lowest BCUT2D eigenvalue weighted by atomic mass is 10.0. The van der Waals surface area contributed by atoms with Crippen LogP contribution in [0, 0.1) is 0 Å². The molecule has 55 heavy (non-hydrogen) atoms. The van der Waals surface area contributed by atoms with Crippen molar-refractivity contribution in [3.8, 4) is 0 Å². The van der Waals surface area contributed by atoms with Gasteiger partial charge < -0.3 is 20.3 Å². The van der Waals surface area contributed by atoms with Crippen LogP contribution in [0.25, 0.3) is 0 Å². The quantitative estimate of drug-likeness (QED) is 0.0326. The van der Waals surface area contributed by atoms with Gasteiger partial charge in [0, 0.05) is 12.8 Å². The summed E-state index contributed by atoms with van der Waals surface area (Å²) < 4.78 is 5.44. The Morgan fingerprint density at radius 3 is 1.45 bits per heavy atom. The van der Waals surface area contributed by atoms with E-state index in [9.17, 15) is 19.8 Å². The summed E-state index contributed by atoms with van der Waals surface area (Å²) in [7, 11) is 0. The van der Waals surface area contributed by atoms with Crippen molar-refractivity contribution in [3.63, 3.8) is 0 Å². The van der Waals surface area contributed by atoms with Crippen LogP contribution in [0.1, 0.15) is 239 Å². The minimum Gasteiger partial charge on any atom is -0.466 e. The zero-order valence-corrected chi connectivity index (χ0v) is 36.4. The molecule has 0 aliphatic rings. The van der Waals surface area contributed by atoms with Gasteiger partial charge in [-0.15, -0.1) is 0 Å². The van der Waals surface area contributed by atoms with Crippen molar-refractivity contribution in [3.05, 3.63) is 36.5 Å². The standard InChI is InChI=1S/C49H91NO5/c1-3-5-7-9-11-13-15-16-17-20-23-27-31-35-39-43-49(54)55-44-40-36-32-28-24-21-18-19-22-26-30-34-38-42-48(53)50-46(45-51)47(52)41-37-33-29-25-14-12-10-8-6-4-2/h11,13,16-17,19,22,46-47,51-52H,3-10,12,14-15,18,20-21,23-45H2,1-2H3,(H,50,53)/b13-11-,17-16-,22-19-. The smallest absolute Gasteiger partial charge is 0.305 e. The normalized spacial score (nSPS) is 13.0. The molecule has 0 aromatic carbocycles. The Kier molecular flexibility index (Phi) is 43.2. The highest BCUT2D eigenvalue weighted by atomic mass is 16.5. The molecule has 1 amide bonds. The largest absolute Gasteiger partial charge is 0.466 e. The summed E-state index contributed by atoms with van der Waals surface area (Å²) >= 11 is 0. The molecule has 0 saturated heterocycles. The SMILES string of the molecule is CCCCC/C=C\C/C=C\CCCCCCCC(=O)OCCCCCCCC/C=C\CCCCCC(=O)NC(CO)C(O)CCCCCCCCCCCC. The molecule has 0 aliphatic heterocycles. The zero-order valence-electron chi connectivity index (χ0n) is 36.4. The van der Waals surface area contributed by atoms with Crippen LogP contribution in [0.5, 0.6) is 0 Å². The fourth-order valence-corrected chi connectivity index (χ4v) is 6.96. The molecule has 0 bridgehead atoms. The first-order valence-corrected chi connectivity index (χ1v) is 23.7. The zero-order chi connectivity index (χ0) is 40.1. The van der Waals surface area contributed by atoms with E-state index in [-0.39, 0.29) is 18.5 Å². The number of esters is 1. The lowest BCUT2D eigenvalue weighted by molar-refractivity contribution is -0.143. The number of aliphatic hydroxyl groups excluding tert-OH is 2. The molecule has 0 heterocycles. The van der Waals surface area contributed by atoms with E-state index in [2.05, 4.69) is 55.6 Å². The minimum absolute atomic E-state index is 0.0277. The number of hydrogen-bond donors (Lipinski definition) is 3. The fourth-order valence-electron chi connectivity index (χ4n) is 6.96. The van der Waals surface area contributed by atoms with E-state index in [1.807, 2.05) is 0 Å². The lowest BCUT2D eigenvalue weighted by Crippen LogP contribution is -2.45. The Hall–Kier alpha value is -1.92. The Labute approximate surface area is 341 Å². The molecule has 3 N–H and O–H groups in total. The highest BCUT2D eigenvalue weighted by Crippen LogP contribution is 2.14. The predicted molar refractivity (Wildman–Crippen MR) is 236 cm³/mol. The number of rotatable bonds is 43. The third-order valence-electron chi connectivity index (χ3n) is 10.7. The van der Waals surface area contributed by atoms with Crippen molar-refractivity contribution in [2.75, 3.05) is 13.2 Å². The number of ether oxygens (including phenoxy) is 1. The van der Waals surface area contributed by atoms with E-state index in [1.165, 1.54) is 122 Å². The minimum atomic E-state index is -0.680. The van der Waals surface area contributed by atoms with Crippen LogP contribution in [-0.2, 0) is 14.3 Å². The van der Waals surface area contributed by atoms with Gasteiger partial charge in [-0.3, -0.25) is 9.59 Å². The van der Waals surface area contributed by atoms with Gasteiger partial charge in [0.2, 0.25) is 5.91 Å². The molecule has 0 rings (SSSR count). The number of allylic oxidation sites excluding steroid dienone is 6. The van der Waals surface area contributed by atoms with Crippen LogP contribution < -0.4 is 5.32 Å². The summed E-state index contributed by atoms with van der Waals surface area (Å²) in [5.41, 5.74) is 0. The van der Waals surface area contributed by atoms with Crippen LogP contribution in [0.2, 0.25) is 0 Å². The van der Waals surface area contributed by atoms with Crippen molar-refractivity contribution < 1.29 is 24.5 Å². The summed E-state index contributed by atoms with van der Waals surface area (Å²) in [6.45, 7) is 4.84. The Bertz CT molecular complexity index is 900. The molecule has 2 unspecified atom stereocenters. The fraction of sp³-hybridized carbons (Fsp3) is 0.837. The Morgan fingerprint density at radius 2 is 0.909 bits per heavy atom. The van der Waals surface area contributed by atoms with Gasteiger partial charge in [-0.2, -0.15) is 0 Å². The molecule has 2 atom stereocenters. The number of unbranched alkanes of at least 4 members (excludes halogenated alkanes) is 26. The molecule has 6 nitrogen and oxygen atoms in total. The average Bonchev–Trinajstić information content (AvgIpc) is 3.18. The molecule has 0 saturated carbocycles.